The zero-order valence-corrected chi connectivity index (χ0v) is 10.4. The molecule has 1 rings (SSSR count). The zero-order valence-electron chi connectivity index (χ0n) is 8.05. The second-order valence-electron chi connectivity index (χ2n) is 2.99. The van der Waals surface area contributed by atoms with Gasteiger partial charge in [-0.1, -0.05) is 6.07 Å². The Balaban J connectivity index is 2.78. The third-order valence-electron chi connectivity index (χ3n) is 1.76. The number of hydrogen-bond donors (Lipinski definition) is 0. The number of halogens is 4. The number of alkyl halides is 3. The van der Waals surface area contributed by atoms with Gasteiger partial charge in [0.2, 0.25) is 0 Å². The van der Waals surface area contributed by atoms with Gasteiger partial charge in [-0.3, -0.25) is 4.79 Å². The molecule has 0 unspecified atom stereocenters. The minimum Gasteiger partial charge on any atom is -0.434 e. The van der Waals surface area contributed by atoms with E-state index in [0.29, 0.717) is 10.0 Å². The van der Waals surface area contributed by atoms with Gasteiger partial charge in [-0.2, -0.15) is 8.78 Å². The van der Waals surface area contributed by atoms with Crippen LogP contribution >= 0.6 is 27.5 Å². The van der Waals surface area contributed by atoms with Gasteiger partial charge in [0.05, 0.1) is 10.4 Å². The number of ether oxygens (including phenoxy) is 1. The quantitative estimate of drug-likeness (QED) is 0.779. The van der Waals surface area contributed by atoms with Crippen LogP contribution in [0, 0.1) is 0 Å². The van der Waals surface area contributed by atoms with Crippen molar-refractivity contribution in [2.24, 2.45) is 0 Å². The number of carbonyl (C=O) groups excluding carboxylic acids is 1. The molecule has 0 saturated heterocycles. The molecule has 2 nitrogen and oxygen atoms in total. The molecule has 16 heavy (non-hydrogen) atoms. The van der Waals surface area contributed by atoms with Gasteiger partial charge in [-0.25, -0.2) is 0 Å². The zero-order chi connectivity index (χ0) is 12.1. The molecule has 0 spiro atoms. The Kier molecular flexibility index (Phi) is 5.15. The summed E-state index contributed by atoms with van der Waals surface area (Å²) in [4.78, 5) is 11.1. The lowest BCUT2D eigenvalue weighted by atomic mass is 10.1. The van der Waals surface area contributed by atoms with E-state index in [0.717, 1.165) is 0 Å². The molecule has 6 heteroatoms. The Labute approximate surface area is 105 Å². The molecule has 0 aliphatic rings. The molecular weight excluding hydrogens is 305 g/mol. The molecule has 0 heterocycles. The van der Waals surface area contributed by atoms with Crippen LogP contribution in [0.15, 0.2) is 22.7 Å². The van der Waals surface area contributed by atoms with Crippen LogP contribution in [-0.4, -0.2) is 18.3 Å². The van der Waals surface area contributed by atoms with Gasteiger partial charge < -0.3 is 4.74 Å². The van der Waals surface area contributed by atoms with Crippen LogP contribution in [-0.2, 0) is 11.2 Å². The van der Waals surface area contributed by atoms with Crippen molar-refractivity contribution in [1.82, 2.24) is 0 Å². The van der Waals surface area contributed by atoms with Crippen LogP contribution < -0.4 is 4.74 Å². The fraction of sp³-hybridized carbons (Fsp3) is 0.300. The molecule has 0 N–H and O–H groups in total. The molecule has 0 saturated carbocycles. The maximum Gasteiger partial charge on any atom is 0.387 e. The highest BCUT2D eigenvalue weighted by molar-refractivity contribution is 9.10. The molecule has 0 aromatic heterocycles. The van der Waals surface area contributed by atoms with E-state index < -0.39 is 6.61 Å². The summed E-state index contributed by atoms with van der Waals surface area (Å²) in [7, 11) is 0. The Morgan fingerprint density at radius 2 is 2.19 bits per heavy atom. The van der Waals surface area contributed by atoms with Crippen LogP contribution in [0.4, 0.5) is 8.78 Å². The van der Waals surface area contributed by atoms with Crippen molar-refractivity contribution in [3.8, 4) is 5.75 Å². The predicted molar refractivity (Wildman–Crippen MR) is 60.2 cm³/mol. The average Bonchev–Trinajstić information content (AvgIpc) is 2.21. The van der Waals surface area contributed by atoms with E-state index in [1.165, 1.54) is 6.07 Å². The highest BCUT2D eigenvalue weighted by Gasteiger charge is 2.09. The van der Waals surface area contributed by atoms with Crippen molar-refractivity contribution < 1.29 is 18.3 Å². The van der Waals surface area contributed by atoms with Gasteiger partial charge in [0.15, 0.2) is 5.78 Å². The van der Waals surface area contributed by atoms with E-state index in [-0.39, 0.29) is 23.8 Å². The number of hydrogen-bond acceptors (Lipinski definition) is 2. The summed E-state index contributed by atoms with van der Waals surface area (Å²) in [5.41, 5.74) is 0.694. The van der Waals surface area contributed by atoms with Crippen molar-refractivity contribution in [2.75, 3.05) is 5.88 Å². The first-order valence-electron chi connectivity index (χ1n) is 4.34. The largest absolute Gasteiger partial charge is 0.434 e. The predicted octanol–water partition coefficient (Wildman–Crippen LogP) is 3.40. The van der Waals surface area contributed by atoms with Gasteiger partial charge in [-0.05, 0) is 33.6 Å². The Bertz CT molecular complexity index is 385. The fourth-order valence-electron chi connectivity index (χ4n) is 1.12. The standard InChI is InChI=1S/C10H8BrClF2O2/c11-8-4-6(3-7(15)5-12)1-2-9(8)16-10(13)14/h1-2,4,10H,3,5H2. The molecule has 1 aromatic rings. The highest BCUT2D eigenvalue weighted by atomic mass is 79.9. The van der Waals surface area contributed by atoms with Crippen molar-refractivity contribution >= 4 is 33.3 Å². The third kappa shape index (κ3) is 4.06. The summed E-state index contributed by atoms with van der Waals surface area (Å²) in [6, 6.07) is 4.49. The van der Waals surface area contributed by atoms with E-state index in [2.05, 4.69) is 20.7 Å². The molecule has 0 fully saturated rings. The first kappa shape index (κ1) is 13.4. The number of ketones is 1. The SMILES string of the molecule is O=C(CCl)Cc1ccc(OC(F)F)c(Br)c1. The maximum atomic E-state index is 12.0. The van der Waals surface area contributed by atoms with Crippen molar-refractivity contribution in [1.29, 1.82) is 0 Å². The molecule has 0 bridgehead atoms. The summed E-state index contributed by atoms with van der Waals surface area (Å²) in [5.74, 6) is -0.152. The summed E-state index contributed by atoms with van der Waals surface area (Å²) in [6.07, 6.45) is 0.178. The lowest BCUT2D eigenvalue weighted by Gasteiger charge is -2.08. The Morgan fingerprint density at radius 3 is 2.69 bits per heavy atom. The molecule has 0 radical (unpaired) electrons. The van der Waals surface area contributed by atoms with Gasteiger partial charge in [0.25, 0.3) is 0 Å². The van der Waals surface area contributed by atoms with E-state index in [1.54, 1.807) is 12.1 Å². The third-order valence-corrected chi connectivity index (χ3v) is 2.68. The van der Waals surface area contributed by atoms with Gasteiger partial charge in [-0.15, -0.1) is 11.6 Å². The lowest BCUT2D eigenvalue weighted by Crippen LogP contribution is -2.05. The maximum absolute atomic E-state index is 12.0. The molecule has 88 valence electrons. The Hall–Kier alpha value is -0.680. The second-order valence-corrected chi connectivity index (χ2v) is 4.11. The monoisotopic (exact) mass is 312 g/mol. The van der Waals surface area contributed by atoms with Gasteiger partial charge in [0.1, 0.15) is 5.75 Å². The van der Waals surface area contributed by atoms with Crippen molar-refractivity contribution in [2.45, 2.75) is 13.0 Å². The molecule has 0 aliphatic heterocycles. The van der Waals surface area contributed by atoms with E-state index in [4.69, 9.17) is 11.6 Å². The van der Waals surface area contributed by atoms with Crippen molar-refractivity contribution in [3.05, 3.63) is 28.2 Å². The second kappa shape index (κ2) is 6.15. The topological polar surface area (TPSA) is 26.3 Å². The minimum absolute atomic E-state index is 0.0390. The number of rotatable bonds is 5. The van der Waals surface area contributed by atoms with Crippen molar-refractivity contribution in [3.63, 3.8) is 0 Å². The summed E-state index contributed by atoms with van der Waals surface area (Å²) >= 11 is 8.44. The molecule has 0 amide bonds. The van der Waals surface area contributed by atoms with Gasteiger partial charge in [0, 0.05) is 6.42 Å². The van der Waals surface area contributed by atoms with E-state index in [1.807, 2.05) is 0 Å². The Morgan fingerprint density at radius 1 is 1.50 bits per heavy atom. The van der Waals surface area contributed by atoms with E-state index in [9.17, 15) is 13.6 Å². The minimum atomic E-state index is -2.87. The first-order valence-corrected chi connectivity index (χ1v) is 5.66. The number of Topliss-reactive ketones (excluding diaryl/α,β-unsaturated/α-hetero) is 1. The fourth-order valence-corrected chi connectivity index (χ4v) is 1.73. The average molecular weight is 314 g/mol. The van der Waals surface area contributed by atoms with Crippen LogP contribution in [0.25, 0.3) is 0 Å². The van der Waals surface area contributed by atoms with Gasteiger partial charge >= 0.3 is 6.61 Å². The molecule has 0 atom stereocenters. The molecular formula is C10H8BrClF2O2. The first-order chi connectivity index (χ1) is 7.52. The molecule has 0 aliphatic carbocycles. The smallest absolute Gasteiger partial charge is 0.387 e. The normalized spacial score (nSPS) is 10.6. The summed E-state index contributed by atoms with van der Waals surface area (Å²) in [5, 5.41) is 0. The number of benzene rings is 1. The van der Waals surface area contributed by atoms with E-state index >= 15 is 0 Å². The summed E-state index contributed by atoms with van der Waals surface area (Å²) < 4.78 is 28.5. The lowest BCUT2D eigenvalue weighted by molar-refractivity contribution is -0.116. The summed E-state index contributed by atoms with van der Waals surface area (Å²) in [6.45, 7) is -2.87. The van der Waals surface area contributed by atoms with Crippen LogP contribution in [0.3, 0.4) is 0 Å². The molecule has 1 aromatic carbocycles. The van der Waals surface area contributed by atoms with Crippen LogP contribution in [0.5, 0.6) is 5.75 Å². The number of carbonyl (C=O) groups is 1. The van der Waals surface area contributed by atoms with Crippen LogP contribution in [0.1, 0.15) is 5.56 Å². The highest BCUT2D eigenvalue weighted by Crippen LogP contribution is 2.27. The van der Waals surface area contributed by atoms with Crippen LogP contribution in [0.2, 0.25) is 0 Å².